The number of fused-ring (bicyclic) bond motifs is 1. The molecule has 13 heteroatoms. The van der Waals surface area contributed by atoms with Crippen molar-refractivity contribution in [1.82, 2.24) is 24.1 Å². The summed E-state index contributed by atoms with van der Waals surface area (Å²) in [5.74, 6) is -1.29. The summed E-state index contributed by atoms with van der Waals surface area (Å²) >= 11 is 0. The Morgan fingerprint density at radius 3 is 2.47 bits per heavy atom. The maximum Gasteiger partial charge on any atom is 0.433 e. The highest BCUT2D eigenvalue weighted by atomic mass is 19.4. The number of rotatable bonds is 3. The predicted octanol–water partition coefficient (Wildman–Crippen LogP) is 4.42. The number of carbonyl (C=O) groups is 1. The van der Waals surface area contributed by atoms with Crippen molar-refractivity contribution >= 4 is 17.2 Å². The summed E-state index contributed by atoms with van der Waals surface area (Å²) in [6, 6.07) is 6.37. The number of hydrogen-bond donors (Lipinski definition) is 1. The van der Waals surface area contributed by atoms with Crippen LogP contribution in [0.2, 0.25) is 0 Å². The molecule has 1 N–H and O–H groups in total. The summed E-state index contributed by atoms with van der Waals surface area (Å²) in [4.78, 5) is 19.9. The molecule has 0 radical (unpaired) electrons. The summed E-state index contributed by atoms with van der Waals surface area (Å²) in [6.07, 6.45) is -6.32. The van der Waals surface area contributed by atoms with Crippen molar-refractivity contribution in [3.05, 3.63) is 65.9 Å². The molecular weight excluding hydrogens is 442 g/mol. The van der Waals surface area contributed by atoms with E-state index in [1.165, 1.54) is 16.8 Å². The summed E-state index contributed by atoms with van der Waals surface area (Å²) in [5, 5.41) is 5.93. The first kappa shape index (κ1) is 21.3. The maximum atomic E-state index is 14.0. The fraction of sp³-hybridized carbons (Fsp3) is 0.158. The van der Waals surface area contributed by atoms with Gasteiger partial charge in [-0.1, -0.05) is 6.07 Å². The first-order valence-corrected chi connectivity index (χ1v) is 8.88. The van der Waals surface area contributed by atoms with Crippen molar-refractivity contribution in [3.8, 4) is 11.4 Å². The van der Waals surface area contributed by atoms with Gasteiger partial charge in [0.2, 0.25) is 0 Å². The normalized spacial score (nSPS) is 12.3. The number of aromatic nitrogens is 5. The first-order valence-electron chi connectivity index (χ1n) is 8.88. The lowest BCUT2D eigenvalue weighted by Gasteiger charge is -2.12. The second kappa shape index (κ2) is 7.35. The number of aryl methyl sites for hydroxylation is 1. The smallest absolute Gasteiger partial charge is 0.321 e. The largest absolute Gasteiger partial charge is 0.433 e. The standard InChI is InChI=1S/C19H12F6N6O/c1-30-16(17(32)28-10-5-6-26-12(8-10)18(20,21)22)14(19(23,24)25)15(29-30)11-9-27-13-4-2-3-7-31(11)13/h2-9H,1H3,(H,26,28,32). The van der Waals surface area contributed by atoms with Crippen molar-refractivity contribution in [3.63, 3.8) is 0 Å². The van der Waals surface area contributed by atoms with Crippen LogP contribution in [0.3, 0.4) is 0 Å². The second-order valence-electron chi connectivity index (χ2n) is 6.65. The van der Waals surface area contributed by atoms with Gasteiger partial charge in [-0.2, -0.15) is 31.4 Å². The van der Waals surface area contributed by atoms with Crippen LogP contribution in [0.25, 0.3) is 17.0 Å². The van der Waals surface area contributed by atoms with Gasteiger partial charge in [0.05, 0.1) is 11.9 Å². The molecule has 0 atom stereocenters. The number of anilines is 1. The topological polar surface area (TPSA) is 77.1 Å². The fourth-order valence-corrected chi connectivity index (χ4v) is 3.19. The molecule has 0 aliphatic rings. The van der Waals surface area contributed by atoms with Crippen molar-refractivity contribution in [2.45, 2.75) is 12.4 Å². The third-order valence-electron chi connectivity index (χ3n) is 4.51. The summed E-state index contributed by atoms with van der Waals surface area (Å²) in [6.45, 7) is 0. The number of carbonyl (C=O) groups excluding carboxylic acids is 1. The van der Waals surface area contributed by atoms with Crippen molar-refractivity contribution in [2.75, 3.05) is 5.32 Å². The molecule has 7 nitrogen and oxygen atoms in total. The van der Waals surface area contributed by atoms with Gasteiger partial charge in [-0.3, -0.25) is 18.9 Å². The van der Waals surface area contributed by atoms with Gasteiger partial charge >= 0.3 is 12.4 Å². The molecule has 4 aromatic heterocycles. The lowest BCUT2D eigenvalue weighted by atomic mass is 10.1. The van der Waals surface area contributed by atoms with Crippen molar-refractivity contribution in [1.29, 1.82) is 0 Å². The zero-order chi connectivity index (χ0) is 23.3. The molecule has 0 saturated heterocycles. The number of hydrogen-bond acceptors (Lipinski definition) is 4. The van der Waals surface area contributed by atoms with Crippen LogP contribution < -0.4 is 5.32 Å². The Kier molecular flexibility index (Phi) is 4.90. The SMILES string of the molecule is Cn1nc(-c2cnc3ccccn23)c(C(F)(F)F)c1C(=O)Nc1ccnc(C(F)(F)F)c1. The van der Waals surface area contributed by atoms with E-state index in [4.69, 9.17) is 0 Å². The van der Waals surface area contributed by atoms with E-state index in [1.807, 2.05) is 0 Å². The second-order valence-corrected chi connectivity index (χ2v) is 6.65. The zero-order valence-corrected chi connectivity index (χ0v) is 16.0. The molecular formula is C19H12F6N6O. The van der Waals surface area contributed by atoms with E-state index in [1.54, 1.807) is 18.2 Å². The van der Waals surface area contributed by atoms with E-state index in [-0.39, 0.29) is 11.4 Å². The number of nitrogens with zero attached hydrogens (tertiary/aromatic N) is 5. The van der Waals surface area contributed by atoms with Gasteiger partial charge < -0.3 is 5.32 Å². The third kappa shape index (κ3) is 3.76. The quantitative estimate of drug-likeness (QED) is 0.465. The molecule has 0 saturated carbocycles. The van der Waals surface area contributed by atoms with Crippen molar-refractivity contribution < 1.29 is 31.1 Å². The molecule has 166 valence electrons. The van der Waals surface area contributed by atoms with Gasteiger partial charge in [0.1, 0.15) is 28.3 Å². The Balaban J connectivity index is 1.81. The molecule has 1 amide bonds. The van der Waals surface area contributed by atoms with Crippen LogP contribution in [0.15, 0.2) is 48.9 Å². The molecule has 32 heavy (non-hydrogen) atoms. The minimum Gasteiger partial charge on any atom is -0.321 e. The van der Waals surface area contributed by atoms with Crippen LogP contribution in [0.5, 0.6) is 0 Å². The average Bonchev–Trinajstić information content (AvgIpc) is 3.28. The molecule has 0 spiro atoms. The van der Waals surface area contributed by atoms with E-state index in [0.29, 0.717) is 11.7 Å². The Morgan fingerprint density at radius 1 is 1.03 bits per heavy atom. The van der Waals surface area contributed by atoms with Gasteiger partial charge in [-0.25, -0.2) is 4.98 Å². The van der Waals surface area contributed by atoms with Gasteiger partial charge in [-0.15, -0.1) is 0 Å². The van der Waals surface area contributed by atoms with E-state index >= 15 is 0 Å². The van der Waals surface area contributed by atoms with Crippen LogP contribution in [-0.2, 0) is 19.4 Å². The summed E-state index contributed by atoms with van der Waals surface area (Å²) in [7, 11) is 1.13. The number of pyridine rings is 2. The van der Waals surface area contributed by atoms with Crippen LogP contribution >= 0.6 is 0 Å². The minimum atomic E-state index is -5.00. The van der Waals surface area contributed by atoms with E-state index < -0.39 is 40.9 Å². The molecule has 0 aliphatic heterocycles. The molecule has 0 aromatic carbocycles. The molecule has 0 unspecified atom stereocenters. The van der Waals surface area contributed by atoms with Gasteiger partial charge in [0, 0.05) is 25.1 Å². The predicted molar refractivity (Wildman–Crippen MR) is 99.6 cm³/mol. The molecule has 0 fully saturated rings. The number of alkyl halides is 6. The molecule has 0 bridgehead atoms. The molecule has 4 heterocycles. The van der Waals surface area contributed by atoms with Gasteiger partial charge in [-0.05, 0) is 24.3 Å². The van der Waals surface area contributed by atoms with Crippen molar-refractivity contribution in [2.24, 2.45) is 7.05 Å². The summed E-state index contributed by atoms with van der Waals surface area (Å²) in [5.41, 5.74) is -4.08. The van der Waals surface area contributed by atoms with E-state index in [0.717, 1.165) is 24.0 Å². The van der Waals surface area contributed by atoms with Gasteiger partial charge in [0.15, 0.2) is 0 Å². The molecule has 4 rings (SSSR count). The van der Waals surface area contributed by atoms with E-state index in [2.05, 4.69) is 20.4 Å². The highest BCUT2D eigenvalue weighted by molar-refractivity contribution is 6.05. The number of amides is 1. The lowest BCUT2D eigenvalue weighted by molar-refractivity contribution is -0.141. The lowest BCUT2D eigenvalue weighted by Crippen LogP contribution is -2.21. The Labute approximate surface area is 175 Å². The minimum absolute atomic E-state index is 0.00848. The number of nitrogens with one attached hydrogen (secondary N) is 1. The van der Waals surface area contributed by atoms with Crippen LogP contribution in [-0.4, -0.2) is 30.1 Å². The molecule has 0 aliphatic carbocycles. The average molecular weight is 454 g/mol. The number of imidazole rings is 1. The Morgan fingerprint density at radius 2 is 1.78 bits per heavy atom. The third-order valence-corrected chi connectivity index (χ3v) is 4.51. The highest BCUT2D eigenvalue weighted by Crippen LogP contribution is 2.39. The Bertz CT molecular complexity index is 1320. The number of halogens is 6. The maximum absolute atomic E-state index is 14.0. The zero-order valence-electron chi connectivity index (χ0n) is 16.0. The van der Waals surface area contributed by atoms with Gasteiger partial charge in [0.25, 0.3) is 5.91 Å². The first-order chi connectivity index (χ1) is 15.0. The van der Waals surface area contributed by atoms with Crippen LogP contribution in [0.1, 0.15) is 21.7 Å². The summed E-state index contributed by atoms with van der Waals surface area (Å²) < 4.78 is 82.7. The fourth-order valence-electron chi connectivity index (χ4n) is 3.19. The monoisotopic (exact) mass is 454 g/mol. The Hall–Kier alpha value is -3.90. The highest BCUT2D eigenvalue weighted by Gasteiger charge is 2.43. The van der Waals surface area contributed by atoms with Crippen LogP contribution in [0.4, 0.5) is 32.0 Å². The molecule has 4 aromatic rings. The van der Waals surface area contributed by atoms with Crippen LogP contribution in [0, 0.1) is 0 Å². The van der Waals surface area contributed by atoms with E-state index in [9.17, 15) is 31.1 Å².